The predicted molar refractivity (Wildman–Crippen MR) is 87.4 cm³/mol. The Morgan fingerprint density at radius 2 is 2.13 bits per heavy atom. The lowest BCUT2D eigenvalue weighted by atomic mass is 10.1. The van der Waals surface area contributed by atoms with Crippen molar-refractivity contribution < 1.29 is 8.42 Å². The van der Waals surface area contributed by atoms with Gasteiger partial charge in [0.05, 0.1) is 17.6 Å². The monoisotopic (exact) mass is 335 g/mol. The van der Waals surface area contributed by atoms with Gasteiger partial charge in [-0.2, -0.15) is 5.10 Å². The number of hydrogen-bond donors (Lipinski definition) is 0. The van der Waals surface area contributed by atoms with E-state index in [1.54, 1.807) is 6.20 Å². The maximum atomic E-state index is 11.7. The fourth-order valence-corrected chi connectivity index (χ4v) is 3.84. The number of rotatable bonds is 4. The van der Waals surface area contributed by atoms with Crippen molar-refractivity contribution in [1.82, 2.24) is 24.1 Å². The molecule has 0 bridgehead atoms. The Labute approximate surface area is 136 Å². The summed E-state index contributed by atoms with van der Waals surface area (Å²) in [6.07, 6.45) is 3.76. The summed E-state index contributed by atoms with van der Waals surface area (Å²) < 4.78 is 26.8. The van der Waals surface area contributed by atoms with Crippen molar-refractivity contribution in [2.45, 2.75) is 32.7 Å². The molecule has 0 spiro atoms. The van der Waals surface area contributed by atoms with E-state index in [0.29, 0.717) is 13.1 Å². The van der Waals surface area contributed by atoms with Crippen LogP contribution >= 0.6 is 0 Å². The number of hydrogen-bond acceptors (Lipinski definition) is 5. The molecule has 7 nitrogen and oxygen atoms in total. The van der Waals surface area contributed by atoms with Crippen LogP contribution in [-0.4, -0.2) is 51.8 Å². The number of aromatic nitrogens is 4. The molecule has 1 atom stereocenters. The van der Waals surface area contributed by atoms with Crippen LogP contribution in [0.4, 0.5) is 0 Å². The smallest absolute Gasteiger partial charge is 0.211 e. The third-order valence-corrected chi connectivity index (χ3v) is 5.40. The van der Waals surface area contributed by atoms with Crippen LogP contribution < -0.4 is 0 Å². The summed E-state index contributed by atoms with van der Waals surface area (Å²) in [5.74, 6) is 0.761. The van der Waals surface area contributed by atoms with E-state index in [0.717, 1.165) is 35.9 Å². The summed E-state index contributed by atoms with van der Waals surface area (Å²) in [6, 6.07) is 3.88. The molecule has 2 aromatic rings. The lowest BCUT2D eigenvalue weighted by Gasteiger charge is -2.14. The van der Waals surface area contributed by atoms with Gasteiger partial charge in [0, 0.05) is 37.4 Å². The highest BCUT2D eigenvalue weighted by Crippen LogP contribution is 2.28. The normalized spacial score (nSPS) is 19.3. The van der Waals surface area contributed by atoms with Gasteiger partial charge < -0.3 is 0 Å². The Morgan fingerprint density at radius 3 is 2.78 bits per heavy atom. The molecule has 0 saturated carbocycles. The standard InChI is InChI=1S/C15H21N5O2S/c1-4-20-14(5-7-16-20)13-9-11(2)17-15(18-13)12-6-8-19(10-12)23(3,21)22/h5,7,9,12H,4,6,8,10H2,1-3H3. The van der Waals surface area contributed by atoms with Gasteiger partial charge >= 0.3 is 0 Å². The van der Waals surface area contributed by atoms with E-state index in [4.69, 9.17) is 0 Å². The largest absolute Gasteiger partial charge is 0.264 e. The molecule has 1 aliphatic rings. The molecule has 0 radical (unpaired) electrons. The molecular weight excluding hydrogens is 314 g/mol. The summed E-state index contributed by atoms with van der Waals surface area (Å²) in [5, 5.41) is 4.28. The third-order valence-electron chi connectivity index (χ3n) is 4.14. The maximum Gasteiger partial charge on any atom is 0.211 e. The summed E-state index contributed by atoms with van der Waals surface area (Å²) in [7, 11) is -3.15. The van der Waals surface area contributed by atoms with E-state index in [-0.39, 0.29) is 5.92 Å². The van der Waals surface area contributed by atoms with E-state index >= 15 is 0 Å². The fourth-order valence-electron chi connectivity index (χ4n) is 2.95. The van der Waals surface area contributed by atoms with Crippen LogP contribution in [0.25, 0.3) is 11.4 Å². The summed E-state index contributed by atoms with van der Waals surface area (Å²) in [5.41, 5.74) is 2.67. The van der Waals surface area contributed by atoms with Crippen molar-refractivity contribution in [3.8, 4) is 11.4 Å². The van der Waals surface area contributed by atoms with E-state index in [1.165, 1.54) is 10.6 Å². The first-order valence-electron chi connectivity index (χ1n) is 7.71. The molecule has 0 aromatic carbocycles. The number of aryl methyl sites for hydroxylation is 2. The van der Waals surface area contributed by atoms with Crippen LogP contribution in [0.15, 0.2) is 18.3 Å². The lowest BCUT2D eigenvalue weighted by molar-refractivity contribution is 0.476. The zero-order valence-corrected chi connectivity index (χ0v) is 14.4. The predicted octanol–water partition coefficient (Wildman–Crippen LogP) is 1.42. The lowest BCUT2D eigenvalue weighted by Crippen LogP contribution is -2.27. The Hall–Kier alpha value is -1.80. The van der Waals surface area contributed by atoms with Crippen molar-refractivity contribution in [3.63, 3.8) is 0 Å². The topological polar surface area (TPSA) is 81.0 Å². The molecule has 1 saturated heterocycles. The van der Waals surface area contributed by atoms with Crippen molar-refractivity contribution in [2.75, 3.05) is 19.3 Å². The highest BCUT2D eigenvalue weighted by Gasteiger charge is 2.31. The molecular formula is C15H21N5O2S. The fraction of sp³-hybridized carbons (Fsp3) is 0.533. The zero-order chi connectivity index (χ0) is 16.6. The van der Waals surface area contributed by atoms with Crippen LogP contribution in [-0.2, 0) is 16.6 Å². The van der Waals surface area contributed by atoms with Gasteiger partial charge in [-0.3, -0.25) is 4.68 Å². The first kappa shape index (κ1) is 16.1. The number of sulfonamides is 1. The van der Waals surface area contributed by atoms with Crippen molar-refractivity contribution in [3.05, 3.63) is 29.8 Å². The third kappa shape index (κ3) is 3.28. The highest BCUT2D eigenvalue weighted by atomic mass is 32.2. The van der Waals surface area contributed by atoms with Crippen LogP contribution in [0.3, 0.4) is 0 Å². The van der Waals surface area contributed by atoms with Gasteiger partial charge in [0.15, 0.2) is 0 Å². The summed E-state index contributed by atoms with van der Waals surface area (Å²) in [4.78, 5) is 9.23. The summed E-state index contributed by atoms with van der Waals surface area (Å²) >= 11 is 0. The molecule has 3 rings (SSSR count). The van der Waals surface area contributed by atoms with Crippen molar-refractivity contribution in [2.24, 2.45) is 0 Å². The molecule has 2 aromatic heterocycles. The Morgan fingerprint density at radius 1 is 1.35 bits per heavy atom. The molecule has 1 unspecified atom stereocenters. The van der Waals surface area contributed by atoms with Gasteiger partial charge in [-0.25, -0.2) is 22.7 Å². The van der Waals surface area contributed by atoms with Crippen molar-refractivity contribution >= 4 is 10.0 Å². The van der Waals surface area contributed by atoms with E-state index < -0.39 is 10.0 Å². The van der Waals surface area contributed by atoms with E-state index in [9.17, 15) is 8.42 Å². The average Bonchev–Trinajstić information content (AvgIpc) is 3.15. The second kappa shape index (κ2) is 6.01. The van der Waals surface area contributed by atoms with Crippen LogP contribution in [0.2, 0.25) is 0 Å². The minimum Gasteiger partial charge on any atom is -0.264 e. The van der Waals surface area contributed by atoms with Gasteiger partial charge in [-0.05, 0) is 32.4 Å². The molecule has 1 fully saturated rings. The highest BCUT2D eigenvalue weighted by molar-refractivity contribution is 7.88. The molecule has 0 N–H and O–H groups in total. The van der Waals surface area contributed by atoms with Crippen LogP contribution in [0, 0.1) is 6.92 Å². The van der Waals surface area contributed by atoms with Crippen LogP contribution in [0.1, 0.15) is 30.8 Å². The van der Waals surface area contributed by atoms with Gasteiger partial charge in [-0.1, -0.05) is 0 Å². The van der Waals surface area contributed by atoms with Gasteiger partial charge in [-0.15, -0.1) is 0 Å². The van der Waals surface area contributed by atoms with Gasteiger partial charge in [0.2, 0.25) is 10.0 Å². The quantitative estimate of drug-likeness (QED) is 0.844. The first-order chi connectivity index (χ1) is 10.9. The molecule has 23 heavy (non-hydrogen) atoms. The van der Waals surface area contributed by atoms with Crippen LogP contribution in [0.5, 0.6) is 0 Å². The second-order valence-electron chi connectivity index (χ2n) is 5.89. The minimum atomic E-state index is -3.15. The Bertz CT molecular complexity index is 815. The molecule has 0 amide bonds. The van der Waals surface area contributed by atoms with Crippen molar-refractivity contribution in [1.29, 1.82) is 0 Å². The molecule has 124 valence electrons. The van der Waals surface area contributed by atoms with E-state index in [2.05, 4.69) is 15.1 Å². The molecule has 3 heterocycles. The average molecular weight is 335 g/mol. The SMILES string of the molecule is CCn1nccc1-c1cc(C)nc(C2CCN(S(C)(=O)=O)C2)n1. The maximum absolute atomic E-state index is 11.7. The summed E-state index contributed by atoms with van der Waals surface area (Å²) in [6.45, 7) is 5.72. The zero-order valence-electron chi connectivity index (χ0n) is 13.6. The first-order valence-corrected chi connectivity index (χ1v) is 9.56. The Kier molecular flexibility index (Phi) is 4.20. The Balaban J connectivity index is 1.93. The minimum absolute atomic E-state index is 0.0429. The van der Waals surface area contributed by atoms with Gasteiger partial charge in [0.25, 0.3) is 0 Å². The second-order valence-corrected chi connectivity index (χ2v) is 7.87. The molecule has 0 aliphatic carbocycles. The molecule has 8 heteroatoms. The van der Waals surface area contributed by atoms with E-state index in [1.807, 2.05) is 30.7 Å². The number of nitrogens with zero attached hydrogens (tertiary/aromatic N) is 5. The molecule has 1 aliphatic heterocycles. The van der Waals surface area contributed by atoms with Gasteiger partial charge in [0.1, 0.15) is 5.82 Å².